The standard InChI is InChI=1S/C20H40O2.C16H30N2O7.C11H18N2O4/c1-2-3-4-5-6-7-8-9-10-11-12-13-14-15-16-17-18-19-20(21)22;1-3-15(20)17-4-6-22-9-11-25-13-16(21)18-5-7-23-8-10-24-12-14(2)19;14-7-12-5-8-1-3-9(4-2-8)11(17)13-6-10(15)16/h2-19H2,1H3,(H,21,22);3-13H2,1-2H3,(H,17,20)(H,18,21);7-9H,1-6H2,(H,12,14)(H,13,17)(H,15,16). The van der Waals surface area contributed by atoms with E-state index in [0.29, 0.717) is 84.4 Å². The maximum Gasteiger partial charge on any atom is 0.322 e. The number of ketones is 1. The molecule has 0 aromatic carbocycles. The van der Waals surface area contributed by atoms with Gasteiger partial charge in [-0.05, 0) is 44.9 Å². The molecular weight excluding hydrogens is 829 g/mol. The molecule has 1 fully saturated rings. The Balaban J connectivity index is 0. The Kier molecular flexibility index (Phi) is 47.6. The number of carboxylic acid groups (broad SMARTS) is 2. The molecule has 0 unspecified atom stereocenters. The van der Waals surface area contributed by atoms with Crippen molar-refractivity contribution >= 4 is 41.9 Å². The van der Waals surface area contributed by atoms with E-state index in [0.717, 1.165) is 38.5 Å². The molecule has 0 atom stereocenters. The van der Waals surface area contributed by atoms with E-state index in [-0.39, 0.29) is 49.2 Å². The summed E-state index contributed by atoms with van der Waals surface area (Å²) in [5.41, 5.74) is 0. The fourth-order valence-corrected chi connectivity index (χ4v) is 6.67. The number of nitrogens with one attached hydrogen (secondary N) is 4. The van der Waals surface area contributed by atoms with E-state index in [1.165, 1.54) is 103 Å². The van der Waals surface area contributed by atoms with Gasteiger partial charge in [0, 0.05) is 38.4 Å². The molecule has 0 heterocycles. The number of hydrogen-bond donors (Lipinski definition) is 6. The van der Waals surface area contributed by atoms with Crippen LogP contribution >= 0.6 is 0 Å². The molecule has 0 radical (unpaired) electrons. The first-order chi connectivity index (χ1) is 31.0. The molecule has 6 N–H and O–H groups in total. The molecule has 374 valence electrons. The van der Waals surface area contributed by atoms with Crippen molar-refractivity contribution in [1.29, 1.82) is 0 Å². The quantitative estimate of drug-likeness (QED) is 0.0299. The van der Waals surface area contributed by atoms with Gasteiger partial charge in [-0.1, -0.05) is 117 Å². The number of Topliss-reactive ketones (excluding diaryl/α,β-unsaturated/α-hetero) is 1. The van der Waals surface area contributed by atoms with Crippen molar-refractivity contribution in [2.45, 2.75) is 168 Å². The normalized spacial score (nSPS) is 14.2. The number of ether oxygens (including phenoxy) is 4. The van der Waals surface area contributed by atoms with Crippen LogP contribution in [0.25, 0.3) is 0 Å². The zero-order chi connectivity index (χ0) is 47.7. The number of aliphatic carboxylic acids is 2. The average molecular weight is 917 g/mol. The maximum atomic E-state index is 11.6. The number of amides is 4. The maximum absolute atomic E-state index is 11.6. The number of unbranched alkanes of at least 4 members (excludes halogenated alkanes) is 16. The van der Waals surface area contributed by atoms with Crippen molar-refractivity contribution in [2.24, 2.45) is 11.8 Å². The molecule has 1 aliphatic carbocycles. The predicted octanol–water partition coefficient (Wildman–Crippen LogP) is 6.14. The highest BCUT2D eigenvalue weighted by Gasteiger charge is 2.26. The van der Waals surface area contributed by atoms with E-state index in [4.69, 9.17) is 29.2 Å². The second kappa shape index (κ2) is 48.8. The first kappa shape index (κ1) is 62.4. The molecule has 0 aliphatic heterocycles. The Morgan fingerprint density at radius 1 is 0.547 bits per heavy atom. The molecule has 64 heavy (non-hydrogen) atoms. The second-order valence-electron chi connectivity index (χ2n) is 16.2. The summed E-state index contributed by atoms with van der Waals surface area (Å²) < 4.78 is 20.7. The van der Waals surface area contributed by atoms with Gasteiger partial charge in [-0.15, -0.1) is 0 Å². The van der Waals surface area contributed by atoms with E-state index in [1.54, 1.807) is 6.92 Å². The van der Waals surface area contributed by atoms with Crippen molar-refractivity contribution < 1.29 is 62.7 Å². The van der Waals surface area contributed by atoms with Crippen LogP contribution < -0.4 is 21.3 Å². The number of hydrogen-bond acceptors (Lipinski definition) is 11. The van der Waals surface area contributed by atoms with Gasteiger partial charge in [-0.25, -0.2) is 0 Å². The Labute approximate surface area is 384 Å². The van der Waals surface area contributed by atoms with Gasteiger partial charge in [0.25, 0.3) is 0 Å². The lowest BCUT2D eigenvalue weighted by molar-refractivity contribution is -0.139. The number of carbonyl (C=O) groups is 7. The van der Waals surface area contributed by atoms with Crippen LogP contribution in [0.1, 0.15) is 168 Å². The van der Waals surface area contributed by atoms with Gasteiger partial charge in [0.15, 0.2) is 5.78 Å². The zero-order valence-electron chi connectivity index (χ0n) is 39.9. The van der Waals surface area contributed by atoms with E-state index in [1.807, 2.05) is 0 Å². The van der Waals surface area contributed by atoms with Crippen LogP contribution in [0.5, 0.6) is 0 Å². The SMILES string of the molecule is CCC(=O)NCCOCCOCC(=O)NCCOCCOCC(C)=O.CCCCCCCCCCCCCCCCCCCC(=O)O.O=CNCC1CCC(C(=O)NCC(=O)O)CC1. The number of carboxylic acids is 2. The van der Waals surface area contributed by atoms with Crippen molar-refractivity contribution in [3.63, 3.8) is 0 Å². The van der Waals surface area contributed by atoms with Crippen LogP contribution in [0.15, 0.2) is 0 Å². The summed E-state index contributed by atoms with van der Waals surface area (Å²) in [6.45, 7) is 8.91. The summed E-state index contributed by atoms with van der Waals surface area (Å²) in [5.74, 6) is -1.76. The van der Waals surface area contributed by atoms with Gasteiger partial charge in [-0.2, -0.15) is 0 Å². The lowest BCUT2D eigenvalue weighted by atomic mass is 9.81. The van der Waals surface area contributed by atoms with Gasteiger partial charge in [0.05, 0.1) is 39.6 Å². The van der Waals surface area contributed by atoms with Crippen LogP contribution in [0.4, 0.5) is 0 Å². The molecule has 17 nitrogen and oxygen atoms in total. The lowest BCUT2D eigenvalue weighted by Gasteiger charge is -2.27. The molecule has 0 aromatic heterocycles. The molecule has 0 spiro atoms. The van der Waals surface area contributed by atoms with Crippen molar-refractivity contribution in [2.75, 3.05) is 79.0 Å². The number of carbonyl (C=O) groups excluding carboxylic acids is 5. The number of rotatable bonds is 41. The Hall–Kier alpha value is -3.67. The highest BCUT2D eigenvalue weighted by molar-refractivity contribution is 5.83. The van der Waals surface area contributed by atoms with Crippen LogP contribution in [0.2, 0.25) is 0 Å². The molecule has 1 saturated carbocycles. The van der Waals surface area contributed by atoms with Gasteiger partial charge in [0.2, 0.25) is 24.1 Å². The van der Waals surface area contributed by atoms with E-state index < -0.39 is 11.9 Å². The van der Waals surface area contributed by atoms with Crippen molar-refractivity contribution in [3.8, 4) is 0 Å². The van der Waals surface area contributed by atoms with Crippen LogP contribution in [-0.4, -0.2) is 131 Å². The fourth-order valence-electron chi connectivity index (χ4n) is 6.67. The molecule has 0 aromatic rings. The van der Waals surface area contributed by atoms with Crippen LogP contribution in [0.3, 0.4) is 0 Å². The van der Waals surface area contributed by atoms with Gasteiger partial charge in [-0.3, -0.25) is 33.6 Å². The van der Waals surface area contributed by atoms with Gasteiger partial charge >= 0.3 is 11.9 Å². The molecule has 0 saturated heterocycles. The molecular formula is C47H88N4O13. The first-order valence-corrected chi connectivity index (χ1v) is 24.2. The smallest absolute Gasteiger partial charge is 0.322 e. The van der Waals surface area contributed by atoms with Crippen LogP contribution in [-0.2, 0) is 52.5 Å². The molecule has 1 rings (SSSR count). The summed E-state index contributed by atoms with van der Waals surface area (Å²) in [6, 6.07) is 0. The molecule has 0 bridgehead atoms. The summed E-state index contributed by atoms with van der Waals surface area (Å²) >= 11 is 0. The third kappa shape index (κ3) is 49.3. The fraction of sp³-hybridized carbons (Fsp3) is 0.851. The summed E-state index contributed by atoms with van der Waals surface area (Å²) in [7, 11) is 0. The summed E-state index contributed by atoms with van der Waals surface area (Å²) in [6.07, 6.45) is 27.6. The molecule has 17 heteroatoms. The summed E-state index contributed by atoms with van der Waals surface area (Å²) in [5, 5.41) is 27.4. The third-order valence-electron chi connectivity index (χ3n) is 10.4. The van der Waals surface area contributed by atoms with E-state index >= 15 is 0 Å². The second-order valence-corrected chi connectivity index (χ2v) is 16.2. The average Bonchev–Trinajstić information content (AvgIpc) is 3.27. The minimum Gasteiger partial charge on any atom is -0.481 e. The Morgan fingerprint density at radius 2 is 1.00 bits per heavy atom. The van der Waals surface area contributed by atoms with E-state index in [2.05, 4.69) is 28.2 Å². The van der Waals surface area contributed by atoms with Crippen molar-refractivity contribution in [3.05, 3.63) is 0 Å². The molecule has 1 aliphatic rings. The lowest BCUT2D eigenvalue weighted by Crippen LogP contribution is -2.37. The highest BCUT2D eigenvalue weighted by atomic mass is 16.5. The van der Waals surface area contributed by atoms with Crippen molar-refractivity contribution in [1.82, 2.24) is 21.3 Å². The van der Waals surface area contributed by atoms with Crippen LogP contribution in [0, 0.1) is 11.8 Å². The predicted molar refractivity (Wildman–Crippen MR) is 247 cm³/mol. The minimum absolute atomic E-state index is 0.0101. The monoisotopic (exact) mass is 917 g/mol. The van der Waals surface area contributed by atoms with Gasteiger partial charge in [0.1, 0.15) is 19.8 Å². The topological polar surface area (TPSA) is 245 Å². The Bertz CT molecular complexity index is 1170. The zero-order valence-corrected chi connectivity index (χ0v) is 39.9. The summed E-state index contributed by atoms with van der Waals surface area (Å²) in [4.78, 5) is 75.4. The molecule has 4 amide bonds. The largest absolute Gasteiger partial charge is 0.481 e. The van der Waals surface area contributed by atoms with Gasteiger partial charge < -0.3 is 50.4 Å². The van der Waals surface area contributed by atoms with E-state index in [9.17, 15) is 33.6 Å². The Morgan fingerprint density at radius 3 is 1.44 bits per heavy atom. The first-order valence-electron chi connectivity index (χ1n) is 24.2. The highest BCUT2D eigenvalue weighted by Crippen LogP contribution is 2.28. The minimum atomic E-state index is -1.03. The third-order valence-corrected chi connectivity index (χ3v) is 10.4.